The first-order valence-electron chi connectivity index (χ1n) is 9.28. The summed E-state index contributed by atoms with van der Waals surface area (Å²) in [5.74, 6) is 0.0490. The van der Waals surface area contributed by atoms with Crippen LogP contribution in [0.25, 0.3) is 0 Å². The Morgan fingerprint density at radius 2 is 2.00 bits per heavy atom. The fourth-order valence-electron chi connectivity index (χ4n) is 5.69. The number of ether oxygens (including phenoxy) is 1. The van der Waals surface area contributed by atoms with Crippen molar-refractivity contribution >= 4 is 35.5 Å². The van der Waals surface area contributed by atoms with Gasteiger partial charge in [0.25, 0.3) is 0 Å². The molecule has 5 nitrogen and oxygen atoms in total. The Morgan fingerprint density at radius 3 is 2.58 bits per heavy atom. The molecule has 5 atom stereocenters. The summed E-state index contributed by atoms with van der Waals surface area (Å²) in [7, 11) is 0. The number of carbonyl (C=O) groups is 1. The second kappa shape index (κ2) is 7.96. The summed E-state index contributed by atoms with van der Waals surface area (Å²) in [4.78, 5) is 11.8. The van der Waals surface area contributed by atoms with Gasteiger partial charge < -0.3 is 20.1 Å². The van der Waals surface area contributed by atoms with Crippen molar-refractivity contribution in [3.8, 4) is 0 Å². The Balaban J connectivity index is 0.00000243. The summed E-state index contributed by atoms with van der Waals surface area (Å²) in [5.41, 5.74) is 1.01. The molecule has 0 aromatic carbocycles. The number of cyclic esters (lactones) is 1. The molecule has 1 heterocycles. The van der Waals surface area contributed by atoms with Gasteiger partial charge in [0.1, 0.15) is 12.4 Å². The molecule has 0 unspecified atom stereocenters. The number of carbonyl (C=O) groups excluding carboxylic acids is 1. The first-order valence-corrected chi connectivity index (χ1v) is 9.28. The predicted octanol–water partition coefficient (Wildman–Crippen LogP) is 2.23. The van der Waals surface area contributed by atoms with Gasteiger partial charge in [0.15, 0.2) is 0 Å². The van der Waals surface area contributed by atoms with Gasteiger partial charge in [-0.25, -0.2) is 4.79 Å². The molecule has 0 aromatic heterocycles. The number of fused-ring (bicyclic) bond motifs is 1. The molecule has 0 saturated heterocycles. The van der Waals surface area contributed by atoms with Crippen molar-refractivity contribution in [2.45, 2.75) is 58.5 Å². The molecule has 0 aromatic rings. The molecular formula is C20H31NaO5. The van der Waals surface area contributed by atoms with Crippen LogP contribution in [0.4, 0.5) is 0 Å². The Labute approximate surface area is 177 Å². The third-order valence-electron chi connectivity index (χ3n) is 7.31. The standard InChI is InChI=1S/C20H30O5.Na.H/c1-12-4-7-16-19(2,9-8-17(23)20(16,3)11-21)14(12)6-5-13-15(22)10-25-18(13)24;;/h14,16-17,21-23H,1,4-11H2,2-3H3;;/t14-,16+,17-,19+,20+;;/m1../s1. The van der Waals surface area contributed by atoms with Gasteiger partial charge >= 0.3 is 35.5 Å². The molecule has 1 aliphatic heterocycles. The van der Waals surface area contributed by atoms with Crippen LogP contribution in [0.3, 0.4) is 0 Å². The zero-order chi connectivity index (χ0) is 18.4. The van der Waals surface area contributed by atoms with Crippen molar-refractivity contribution in [1.29, 1.82) is 0 Å². The van der Waals surface area contributed by atoms with Crippen LogP contribution in [0.5, 0.6) is 0 Å². The molecule has 3 aliphatic rings. The van der Waals surface area contributed by atoms with Gasteiger partial charge in [-0.05, 0) is 55.8 Å². The fraction of sp³-hybridized carbons (Fsp3) is 0.750. The summed E-state index contributed by atoms with van der Waals surface area (Å²) in [6.45, 7) is 8.48. The Hall–Kier alpha value is -0.330. The summed E-state index contributed by atoms with van der Waals surface area (Å²) in [5, 5.41) is 30.4. The number of esters is 1. The van der Waals surface area contributed by atoms with Crippen molar-refractivity contribution in [2.75, 3.05) is 13.2 Å². The normalized spacial score (nSPS) is 40.1. The molecule has 0 amide bonds. The predicted molar refractivity (Wildman–Crippen MR) is 101 cm³/mol. The number of hydrogen-bond acceptors (Lipinski definition) is 5. The van der Waals surface area contributed by atoms with Crippen LogP contribution in [0.15, 0.2) is 23.5 Å². The summed E-state index contributed by atoms with van der Waals surface area (Å²) in [6.07, 6.45) is 4.09. The topological polar surface area (TPSA) is 87.0 Å². The minimum absolute atomic E-state index is 0. The average molecular weight is 374 g/mol. The summed E-state index contributed by atoms with van der Waals surface area (Å²) >= 11 is 0. The summed E-state index contributed by atoms with van der Waals surface area (Å²) in [6, 6.07) is 0. The molecule has 2 aliphatic carbocycles. The molecule has 3 rings (SSSR count). The van der Waals surface area contributed by atoms with Crippen molar-refractivity contribution in [1.82, 2.24) is 0 Å². The molecule has 6 heteroatoms. The number of aliphatic hydroxyl groups excluding tert-OH is 3. The Morgan fingerprint density at radius 1 is 1.31 bits per heavy atom. The SMILES string of the molecule is C=C1CC[C@@H]2[C@](C)(CO)[C@H](O)CC[C@@]2(C)[C@@H]1CCC1=C(O)COC1=O.[NaH]. The van der Waals surface area contributed by atoms with E-state index in [1.165, 1.54) is 5.57 Å². The van der Waals surface area contributed by atoms with Crippen molar-refractivity contribution in [3.05, 3.63) is 23.5 Å². The zero-order valence-electron chi connectivity index (χ0n) is 15.3. The van der Waals surface area contributed by atoms with E-state index in [1.54, 1.807) is 0 Å². The van der Waals surface area contributed by atoms with Crippen molar-refractivity contribution < 1.29 is 24.9 Å². The molecule has 0 radical (unpaired) electrons. The van der Waals surface area contributed by atoms with Crippen LogP contribution < -0.4 is 0 Å². The van der Waals surface area contributed by atoms with Gasteiger partial charge in [-0.2, -0.15) is 0 Å². The van der Waals surface area contributed by atoms with Crippen LogP contribution in [-0.2, 0) is 9.53 Å². The second-order valence-electron chi connectivity index (χ2n) is 8.57. The maximum absolute atomic E-state index is 11.8. The third-order valence-corrected chi connectivity index (χ3v) is 7.31. The van der Waals surface area contributed by atoms with E-state index in [0.29, 0.717) is 18.4 Å². The number of allylic oxidation sites excluding steroid dienone is 1. The number of hydrogen-bond donors (Lipinski definition) is 3. The first-order chi connectivity index (χ1) is 11.7. The fourth-order valence-corrected chi connectivity index (χ4v) is 5.69. The first kappa shape index (κ1) is 22.0. The van der Waals surface area contributed by atoms with Crippen LogP contribution >= 0.6 is 0 Å². The van der Waals surface area contributed by atoms with Crippen LogP contribution in [0.2, 0.25) is 0 Å². The number of aliphatic hydroxyl groups is 3. The van der Waals surface area contributed by atoms with Gasteiger partial charge in [-0.1, -0.05) is 26.0 Å². The molecule has 0 spiro atoms. The van der Waals surface area contributed by atoms with Crippen molar-refractivity contribution in [3.63, 3.8) is 0 Å². The van der Waals surface area contributed by atoms with E-state index in [0.717, 1.165) is 25.7 Å². The molecule has 142 valence electrons. The monoisotopic (exact) mass is 374 g/mol. The van der Waals surface area contributed by atoms with Crippen LogP contribution in [0.1, 0.15) is 52.4 Å². The van der Waals surface area contributed by atoms with E-state index in [1.807, 2.05) is 6.92 Å². The molecule has 3 N–H and O–H groups in total. The van der Waals surface area contributed by atoms with E-state index in [9.17, 15) is 20.1 Å². The number of rotatable bonds is 4. The molecular weight excluding hydrogens is 343 g/mol. The van der Waals surface area contributed by atoms with Gasteiger partial charge in [0.05, 0.1) is 18.3 Å². The molecule has 2 saturated carbocycles. The molecule has 2 fully saturated rings. The minimum atomic E-state index is -0.500. The Kier molecular flexibility index (Phi) is 6.72. The van der Waals surface area contributed by atoms with E-state index >= 15 is 0 Å². The van der Waals surface area contributed by atoms with Gasteiger partial charge in [0.2, 0.25) is 0 Å². The summed E-state index contributed by atoms with van der Waals surface area (Å²) < 4.78 is 4.89. The van der Waals surface area contributed by atoms with E-state index in [4.69, 9.17) is 4.74 Å². The van der Waals surface area contributed by atoms with Gasteiger partial charge in [-0.15, -0.1) is 0 Å². The molecule has 26 heavy (non-hydrogen) atoms. The van der Waals surface area contributed by atoms with E-state index in [-0.39, 0.29) is 65.8 Å². The quantitative estimate of drug-likeness (QED) is 0.399. The van der Waals surface area contributed by atoms with E-state index in [2.05, 4.69) is 13.5 Å². The van der Waals surface area contributed by atoms with Crippen LogP contribution in [0, 0.1) is 22.7 Å². The van der Waals surface area contributed by atoms with Crippen LogP contribution in [-0.4, -0.2) is 70.2 Å². The maximum atomic E-state index is 11.8. The zero-order valence-corrected chi connectivity index (χ0v) is 15.3. The average Bonchev–Trinajstić information content (AvgIpc) is 2.89. The second-order valence-corrected chi connectivity index (χ2v) is 8.57. The van der Waals surface area contributed by atoms with Gasteiger partial charge in [0, 0.05) is 5.41 Å². The molecule has 0 bridgehead atoms. The third kappa shape index (κ3) is 3.42. The van der Waals surface area contributed by atoms with Crippen molar-refractivity contribution in [2.24, 2.45) is 22.7 Å². The Bertz CT molecular complexity index is 615. The van der Waals surface area contributed by atoms with Gasteiger partial charge in [-0.3, -0.25) is 0 Å². The van der Waals surface area contributed by atoms with E-state index < -0.39 is 17.5 Å².